The number of hydrogen-bond donors (Lipinski definition) is 0. The number of methoxy groups -OCH3 is 1. The number of hydrogen-bond acceptors (Lipinski definition) is 3. The lowest BCUT2D eigenvalue weighted by atomic mass is 10.1. The highest BCUT2D eigenvalue weighted by atomic mass is 16.5. The summed E-state index contributed by atoms with van der Waals surface area (Å²) in [6, 6.07) is 5.52. The Morgan fingerprint density at radius 1 is 1.53 bits per heavy atom. The summed E-state index contributed by atoms with van der Waals surface area (Å²) >= 11 is 0. The van der Waals surface area contributed by atoms with Gasteiger partial charge < -0.3 is 4.74 Å². The first-order chi connectivity index (χ1) is 7.27. The van der Waals surface area contributed by atoms with Gasteiger partial charge in [0.1, 0.15) is 0 Å². The molecule has 0 unspecified atom stereocenters. The van der Waals surface area contributed by atoms with E-state index in [4.69, 9.17) is 4.74 Å². The summed E-state index contributed by atoms with van der Waals surface area (Å²) in [4.78, 5) is 11.5. The van der Waals surface area contributed by atoms with E-state index >= 15 is 0 Å². The lowest BCUT2D eigenvalue weighted by Gasteiger charge is -2.01. The van der Waals surface area contributed by atoms with E-state index in [-0.39, 0.29) is 5.97 Å². The van der Waals surface area contributed by atoms with Gasteiger partial charge in [-0.25, -0.2) is 4.79 Å². The molecule has 0 aliphatic heterocycles. The SMILES string of the molecule is CCn1ncc2c(C(=O)OC)cccc21. The molecule has 0 N–H and O–H groups in total. The molecule has 0 amide bonds. The van der Waals surface area contributed by atoms with Gasteiger partial charge in [0.2, 0.25) is 0 Å². The normalized spacial score (nSPS) is 10.5. The number of benzene rings is 1. The Bertz CT molecular complexity index is 502. The van der Waals surface area contributed by atoms with Gasteiger partial charge in [-0.2, -0.15) is 5.10 Å². The standard InChI is InChI=1S/C11H12N2O2/c1-3-13-10-6-4-5-8(11(14)15-2)9(10)7-12-13/h4-7H,3H2,1-2H3. The zero-order valence-corrected chi connectivity index (χ0v) is 8.73. The maximum absolute atomic E-state index is 11.5. The monoisotopic (exact) mass is 204 g/mol. The molecule has 0 aliphatic rings. The Hall–Kier alpha value is -1.84. The van der Waals surface area contributed by atoms with Crippen LogP contribution in [0, 0.1) is 0 Å². The van der Waals surface area contributed by atoms with Crippen molar-refractivity contribution in [3.05, 3.63) is 30.0 Å². The van der Waals surface area contributed by atoms with Gasteiger partial charge in [0.05, 0.1) is 24.4 Å². The molecule has 0 bridgehead atoms. The molecule has 0 saturated carbocycles. The van der Waals surface area contributed by atoms with E-state index in [1.807, 2.05) is 23.7 Å². The van der Waals surface area contributed by atoms with Crippen molar-refractivity contribution in [3.8, 4) is 0 Å². The maximum Gasteiger partial charge on any atom is 0.338 e. The summed E-state index contributed by atoms with van der Waals surface area (Å²) in [5.74, 6) is -0.323. The number of aryl methyl sites for hydroxylation is 1. The van der Waals surface area contributed by atoms with Crippen molar-refractivity contribution < 1.29 is 9.53 Å². The minimum absolute atomic E-state index is 0.323. The molecule has 1 heterocycles. The number of esters is 1. The molecule has 0 spiro atoms. The van der Waals surface area contributed by atoms with Gasteiger partial charge in [-0.1, -0.05) is 6.07 Å². The van der Waals surface area contributed by atoms with E-state index in [0.717, 1.165) is 17.4 Å². The number of nitrogens with zero attached hydrogens (tertiary/aromatic N) is 2. The highest BCUT2D eigenvalue weighted by Crippen LogP contribution is 2.19. The molecule has 0 aliphatic carbocycles. The largest absolute Gasteiger partial charge is 0.465 e. The first kappa shape index (κ1) is 9.71. The van der Waals surface area contributed by atoms with Crippen molar-refractivity contribution >= 4 is 16.9 Å². The van der Waals surface area contributed by atoms with Crippen molar-refractivity contribution in [2.45, 2.75) is 13.5 Å². The number of ether oxygens (including phenoxy) is 1. The molecule has 4 nitrogen and oxygen atoms in total. The van der Waals surface area contributed by atoms with E-state index in [1.165, 1.54) is 7.11 Å². The Kier molecular flexibility index (Phi) is 2.41. The topological polar surface area (TPSA) is 44.1 Å². The van der Waals surface area contributed by atoms with Crippen LogP contribution in [0.5, 0.6) is 0 Å². The van der Waals surface area contributed by atoms with Crippen LogP contribution in [-0.4, -0.2) is 22.9 Å². The quantitative estimate of drug-likeness (QED) is 0.701. The third-order valence-electron chi connectivity index (χ3n) is 2.39. The maximum atomic E-state index is 11.5. The van der Waals surface area contributed by atoms with E-state index in [9.17, 15) is 4.79 Å². The molecule has 0 saturated heterocycles. The molecule has 0 fully saturated rings. The van der Waals surface area contributed by atoms with Gasteiger partial charge in [-0.05, 0) is 19.1 Å². The Balaban J connectivity index is 2.67. The van der Waals surface area contributed by atoms with Crippen LogP contribution in [0.3, 0.4) is 0 Å². The smallest absolute Gasteiger partial charge is 0.338 e. The third kappa shape index (κ3) is 1.48. The van der Waals surface area contributed by atoms with Crippen molar-refractivity contribution in [3.63, 3.8) is 0 Å². The van der Waals surface area contributed by atoms with Crippen LogP contribution < -0.4 is 0 Å². The third-order valence-corrected chi connectivity index (χ3v) is 2.39. The zero-order chi connectivity index (χ0) is 10.8. The van der Waals surface area contributed by atoms with E-state index < -0.39 is 0 Å². The number of carbonyl (C=O) groups excluding carboxylic acids is 1. The fourth-order valence-corrected chi connectivity index (χ4v) is 1.64. The van der Waals surface area contributed by atoms with Crippen molar-refractivity contribution in [2.75, 3.05) is 7.11 Å². The summed E-state index contributed by atoms with van der Waals surface area (Å²) in [6.07, 6.45) is 1.70. The zero-order valence-electron chi connectivity index (χ0n) is 8.73. The lowest BCUT2D eigenvalue weighted by molar-refractivity contribution is 0.0603. The minimum atomic E-state index is -0.323. The summed E-state index contributed by atoms with van der Waals surface area (Å²) in [5.41, 5.74) is 1.52. The van der Waals surface area contributed by atoms with Gasteiger partial charge in [0, 0.05) is 11.9 Å². The molecule has 1 aromatic heterocycles. The van der Waals surface area contributed by atoms with Crippen LogP contribution in [0.2, 0.25) is 0 Å². The highest BCUT2D eigenvalue weighted by molar-refractivity contribution is 6.03. The van der Waals surface area contributed by atoms with Gasteiger partial charge in [0.15, 0.2) is 0 Å². The van der Waals surface area contributed by atoms with Crippen LogP contribution in [0.25, 0.3) is 10.9 Å². The van der Waals surface area contributed by atoms with Gasteiger partial charge >= 0.3 is 5.97 Å². The van der Waals surface area contributed by atoms with E-state index in [0.29, 0.717) is 5.56 Å². The Labute approximate surface area is 87.5 Å². The van der Waals surface area contributed by atoms with Crippen LogP contribution in [-0.2, 0) is 11.3 Å². The number of rotatable bonds is 2. The molecule has 4 heteroatoms. The average Bonchev–Trinajstić information content (AvgIpc) is 2.70. The van der Waals surface area contributed by atoms with Gasteiger partial charge in [0.25, 0.3) is 0 Å². The number of aromatic nitrogens is 2. The summed E-state index contributed by atoms with van der Waals surface area (Å²) in [5, 5.41) is 5.04. The molecule has 1 aromatic carbocycles. The Morgan fingerprint density at radius 3 is 3.00 bits per heavy atom. The van der Waals surface area contributed by atoms with Crippen LogP contribution >= 0.6 is 0 Å². The van der Waals surface area contributed by atoms with Crippen LogP contribution in [0.15, 0.2) is 24.4 Å². The van der Waals surface area contributed by atoms with Crippen molar-refractivity contribution in [2.24, 2.45) is 0 Å². The summed E-state index contributed by atoms with van der Waals surface area (Å²) in [6.45, 7) is 2.80. The highest BCUT2D eigenvalue weighted by Gasteiger charge is 2.12. The average molecular weight is 204 g/mol. The second kappa shape index (κ2) is 3.73. The van der Waals surface area contributed by atoms with Crippen molar-refractivity contribution in [1.29, 1.82) is 0 Å². The first-order valence-corrected chi connectivity index (χ1v) is 4.80. The molecule has 15 heavy (non-hydrogen) atoms. The van der Waals surface area contributed by atoms with Crippen LogP contribution in [0.1, 0.15) is 17.3 Å². The molecule has 0 atom stereocenters. The summed E-state index contributed by atoms with van der Waals surface area (Å²) < 4.78 is 6.56. The lowest BCUT2D eigenvalue weighted by Crippen LogP contribution is -2.01. The molecular formula is C11H12N2O2. The molecule has 0 radical (unpaired) electrons. The van der Waals surface area contributed by atoms with E-state index in [2.05, 4.69) is 5.10 Å². The predicted octanol–water partition coefficient (Wildman–Crippen LogP) is 1.84. The fraction of sp³-hybridized carbons (Fsp3) is 0.273. The fourth-order valence-electron chi connectivity index (χ4n) is 1.64. The molecular weight excluding hydrogens is 192 g/mol. The number of fused-ring (bicyclic) bond motifs is 1. The van der Waals surface area contributed by atoms with E-state index in [1.54, 1.807) is 12.3 Å². The van der Waals surface area contributed by atoms with Gasteiger partial charge in [-0.3, -0.25) is 4.68 Å². The molecule has 2 aromatic rings. The second-order valence-corrected chi connectivity index (χ2v) is 3.19. The van der Waals surface area contributed by atoms with Crippen LogP contribution in [0.4, 0.5) is 0 Å². The first-order valence-electron chi connectivity index (χ1n) is 4.80. The predicted molar refractivity (Wildman–Crippen MR) is 56.7 cm³/mol. The van der Waals surface area contributed by atoms with Crippen molar-refractivity contribution in [1.82, 2.24) is 9.78 Å². The molecule has 2 rings (SSSR count). The number of carbonyl (C=O) groups is 1. The minimum Gasteiger partial charge on any atom is -0.465 e. The second-order valence-electron chi connectivity index (χ2n) is 3.19. The Morgan fingerprint density at radius 2 is 2.33 bits per heavy atom. The summed E-state index contributed by atoms with van der Waals surface area (Å²) in [7, 11) is 1.38. The molecule has 78 valence electrons. The van der Waals surface area contributed by atoms with Gasteiger partial charge in [-0.15, -0.1) is 0 Å².